The first-order valence-electron chi connectivity index (χ1n) is 35.2. The summed E-state index contributed by atoms with van der Waals surface area (Å²) in [4.78, 5) is 23.4. The minimum Gasteiger partial charge on any atom is -0.391 e. The summed E-state index contributed by atoms with van der Waals surface area (Å²) >= 11 is 0. The number of hydrogen-bond acceptors (Lipinski definition) is 5. The molecule has 0 heterocycles. The molecule has 0 spiro atoms. The van der Waals surface area contributed by atoms with E-state index >= 15 is 0 Å². The topological polar surface area (TPSA) is 105 Å². The molecule has 0 aromatic rings. The first kappa shape index (κ1) is 82.4. The maximum atomic E-state index is 13.1. The summed E-state index contributed by atoms with van der Waals surface area (Å²) < 4.78 is 23.9. The van der Waals surface area contributed by atoms with Gasteiger partial charge in [-0.05, 0) is 103 Å². The largest absolute Gasteiger partial charge is 0.472 e. The summed E-state index contributed by atoms with van der Waals surface area (Å²) in [5.74, 6) is -0.189. The predicted octanol–water partition coefficient (Wildman–Crippen LogP) is 22.8. The Morgan fingerprint density at radius 2 is 0.698 bits per heavy atom. The predicted molar refractivity (Wildman–Crippen MR) is 378 cm³/mol. The number of carbonyl (C=O) groups excluding carboxylic acids is 1. The van der Waals surface area contributed by atoms with Gasteiger partial charge in [0.2, 0.25) is 5.91 Å². The van der Waals surface area contributed by atoms with Gasteiger partial charge in [0, 0.05) is 6.42 Å². The van der Waals surface area contributed by atoms with E-state index in [1.54, 1.807) is 0 Å². The number of hydrogen-bond donors (Lipinski definition) is 3. The summed E-state index contributed by atoms with van der Waals surface area (Å²) in [6.45, 7) is 4.75. The van der Waals surface area contributed by atoms with Crippen LogP contribution in [0.1, 0.15) is 284 Å². The average molecular weight is 1210 g/mol. The fourth-order valence-corrected chi connectivity index (χ4v) is 10.4. The molecule has 0 saturated carbocycles. The summed E-state index contributed by atoms with van der Waals surface area (Å²) in [6, 6.07) is -0.797. The van der Waals surface area contributed by atoms with Crippen molar-refractivity contribution >= 4 is 13.7 Å². The zero-order valence-electron chi connectivity index (χ0n) is 56.3. The van der Waals surface area contributed by atoms with Gasteiger partial charge in [-0.1, -0.05) is 320 Å². The average Bonchev–Trinajstić information content (AvgIpc) is 3.70. The van der Waals surface area contributed by atoms with Crippen molar-refractivity contribution in [3.05, 3.63) is 146 Å². The Morgan fingerprint density at radius 1 is 0.407 bits per heavy atom. The third-order valence-electron chi connectivity index (χ3n) is 15.1. The van der Waals surface area contributed by atoms with Crippen molar-refractivity contribution in [2.75, 3.05) is 40.9 Å². The van der Waals surface area contributed by atoms with Gasteiger partial charge in [0.1, 0.15) is 13.2 Å². The van der Waals surface area contributed by atoms with E-state index in [0.717, 1.165) is 109 Å². The smallest absolute Gasteiger partial charge is 0.391 e. The quantitative estimate of drug-likeness (QED) is 0.0243. The summed E-state index contributed by atoms with van der Waals surface area (Å²) in [6.07, 6.45) is 101. The van der Waals surface area contributed by atoms with Gasteiger partial charge in [-0.3, -0.25) is 13.8 Å². The van der Waals surface area contributed by atoms with E-state index in [2.05, 4.69) is 165 Å². The number of phosphoric acid groups is 1. The molecule has 0 rings (SSSR count). The summed E-state index contributed by atoms with van der Waals surface area (Å²) in [5.41, 5.74) is 0. The third-order valence-corrected chi connectivity index (χ3v) is 16.1. The van der Waals surface area contributed by atoms with Crippen LogP contribution in [0.3, 0.4) is 0 Å². The Bertz CT molecular complexity index is 1910. The number of nitrogens with one attached hydrogen (secondary N) is 1. The number of nitrogens with zero attached hydrogens (tertiary/aromatic N) is 1. The lowest BCUT2D eigenvalue weighted by Crippen LogP contribution is -2.46. The van der Waals surface area contributed by atoms with Crippen molar-refractivity contribution < 1.29 is 32.9 Å². The van der Waals surface area contributed by atoms with Gasteiger partial charge in [0.05, 0.1) is 39.9 Å². The lowest BCUT2D eigenvalue weighted by molar-refractivity contribution is -0.870. The number of likely N-dealkylation sites (N-methyl/N-ethyl adjacent to an activating group) is 1. The zero-order chi connectivity index (χ0) is 62.6. The Balaban J connectivity index is 4.21. The number of rotatable bonds is 63. The van der Waals surface area contributed by atoms with Crippen LogP contribution in [0.25, 0.3) is 0 Å². The molecule has 0 aliphatic rings. The number of aliphatic hydroxyl groups excluding tert-OH is 1. The Hall–Kier alpha value is -3.62. The van der Waals surface area contributed by atoms with Crippen molar-refractivity contribution in [2.45, 2.75) is 296 Å². The molecule has 0 aliphatic heterocycles. The summed E-state index contributed by atoms with van der Waals surface area (Å²) in [5, 5.41) is 14.1. The second-order valence-corrected chi connectivity index (χ2v) is 26.0. The van der Waals surface area contributed by atoms with Crippen LogP contribution in [0.4, 0.5) is 0 Å². The number of quaternary nitrogens is 1. The van der Waals surface area contributed by atoms with Gasteiger partial charge in [0.25, 0.3) is 0 Å². The number of aliphatic hydroxyl groups is 1. The Labute approximate surface area is 531 Å². The van der Waals surface area contributed by atoms with Gasteiger partial charge in [-0.2, -0.15) is 0 Å². The van der Waals surface area contributed by atoms with E-state index in [0.29, 0.717) is 30.3 Å². The monoisotopic (exact) mass is 1210 g/mol. The van der Waals surface area contributed by atoms with E-state index in [-0.39, 0.29) is 19.1 Å². The maximum absolute atomic E-state index is 13.1. The number of unbranched alkanes of at least 4 members (excludes halogenated alkanes) is 26. The molecule has 0 aromatic heterocycles. The molecule has 86 heavy (non-hydrogen) atoms. The highest BCUT2D eigenvalue weighted by atomic mass is 31.2. The lowest BCUT2D eigenvalue weighted by Gasteiger charge is -2.26. The van der Waals surface area contributed by atoms with Crippen LogP contribution < -0.4 is 5.32 Å². The SMILES string of the molecule is CC/C=C\C/C=C\C/C=C\C/C=C\C/C=C\C/C=C\C/C=C\C/C=C\C/C=C\C/C=C\C/C=C\C/C=C\CCCCC(=O)NC(COP(=O)(O)OCC[N+](C)(C)C)C(O)CCCCCCCCCCCCCCCCCCCCCCCCCCC. The zero-order valence-corrected chi connectivity index (χ0v) is 57.1. The van der Waals surface area contributed by atoms with Crippen molar-refractivity contribution in [3.8, 4) is 0 Å². The molecular formula is C77H134N2O6P+. The van der Waals surface area contributed by atoms with Crippen LogP contribution in [-0.2, 0) is 18.4 Å². The first-order chi connectivity index (χ1) is 42.0. The van der Waals surface area contributed by atoms with E-state index < -0.39 is 20.0 Å². The maximum Gasteiger partial charge on any atom is 0.472 e. The molecular weight excluding hydrogens is 1080 g/mol. The van der Waals surface area contributed by atoms with Gasteiger partial charge in [-0.15, -0.1) is 0 Å². The molecule has 8 nitrogen and oxygen atoms in total. The first-order valence-corrected chi connectivity index (χ1v) is 36.7. The van der Waals surface area contributed by atoms with Gasteiger partial charge < -0.3 is 19.8 Å². The van der Waals surface area contributed by atoms with Crippen molar-refractivity contribution in [3.63, 3.8) is 0 Å². The second-order valence-electron chi connectivity index (χ2n) is 24.5. The molecule has 492 valence electrons. The van der Waals surface area contributed by atoms with Crippen LogP contribution in [0.15, 0.2) is 146 Å². The minimum atomic E-state index is -4.35. The minimum absolute atomic E-state index is 0.0588. The Kier molecular flexibility index (Phi) is 63.0. The van der Waals surface area contributed by atoms with Crippen LogP contribution >= 0.6 is 7.82 Å². The van der Waals surface area contributed by atoms with Gasteiger partial charge in [0.15, 0.2) is 0 Å². The lowest BCUT2D eigenvalue weighted by atomic mass is 10.0. The molecule has 3 N–H and O–H groups in total. The van der Waals surface area contributed by atoms with Crippen molar-refractivity contribution in [1.82, 2.24) is 5.32 Å². The van der Waals surface area contributed by atoms with Crippen LogP contribution in [-0.4, -0.2) is 73.4 Å². The van der Waals surface area contributed by atoms with E-state index in [9.17, 15) is 19.4 Å². The number of carbonyl (C=O) groups is 1. The van der Waals surface area contributed by atoms with Crippen LogP contribution in [0, 0.1) is 0 Å². The van der Waals surface area contributed by atoms with E-state index in [4.69, 9.17) is 9.05 Å². The molecule has 0 fully saturated rings. The molecule has 3 atom stereocenters. The normalized spacial score (nSPS) is 14.5. The highest BCUT2D eigenvalue weighted by Gasteiger charge is 2.28. The molecule has 0 aliphatic carbocycles. The number of amides is 1. The van der Waals surface area contributed by atoms with E-state index in [1.807, 2.05) is 21.1 Å². The summed E-state index contributed by atoms with van der Waals surface area (Å²) in [7, 11) is 1.57. The molecule has 0 radical (unpaired) electrons. The number of phosphoric ester groups is 1. The van der Waals surface area contributed by atoms with Crippen LogP contribution in [0.5, 0.6) is 0 Å². The van der Waals surface area contributed by atoms with Crippen molar-refractivity contribution in [2.24, 2.45) is 0 Å². The fraction of sp³-hybridized carbons (Fsp3) is 0.675. The highest BCUT2D eigenvalue weighted by molar-refractivity contribution is 7.47. The molecule has 0 bridgehead atoms. The molecule has 3 unspecified atom stereocenters. The van der Waals surface area contributed by atoms with Crippen LogP contribution in [0.2, 0.25) is 0 Å². The molecule has 0 aromatic carbocycles. The molecule has 9 heteroatoms. The van der Waals surface area contributed by atoms with Gasteiger partial charge >= 0.3 is 7.82 Å². The fourth-order valence-electron chi connectivity index (χ4n) is 9.68. The Morgan fingerprint density at radius 3 is 1.00 bits per heavy atom. The highest BCUT2D eigenvalue weighted by Crippen LogP contribution is 2.43. The third kappa shape index (κ3) is 67.9. The standard InChI is InChI=1S/C77H133N2O6P/c1-6-8-10-12-14-16-18-20-22-24-26-28-30-32-33-34-35-36-37-38-39-40-41-42-43-44-45-47-49-51-53-55-57-59-61-63-65-67-69-71-77(81)78-75(74-85-86(82,83)84-73-72-79(3,4)5)76(80)70-68-66-64-62-60-58-56-54-52-50-48-46-31-29-27-25-23-21-19-17-15-13-11-9-7-2/h8,10,14,16,20,22,26,28,32-33,35-36,38-39,41-42,44-45,49,51,55,57,61,63,75-76,80H,6-7,9,11-13,15,17-19,21,23-25,27,29-31,34,37,40,43,46-48,50,52-54,56,58-60,62,64-74H2,1-5H3,(H-,78,81,82,83)/p+1/b10-8-,16-14-,22-20-,28-26-,33-32-,36-35-,39-38-,42-41-,45-44-,51-49-,57-55-,63-61-. The van der Waals surface area contributed by atoms with Gasteiger partial charge in [-0.25, -0.2) is 4.57 Å². The molecule has 0 saturated heterocycles. The van der Waals surface area contributed by atoms with Crippen molar-refractivity contribution in [1.29, 1.82) is 0 Å². The van der Waals surface area contributed by atoms with E-state index in [1.165, 1.54) is 141 Å². The second kappa shape index (κ2) is 65.8. The number of allylic oxidation sites excluding steroid dienone is 24. The molecule has 1 amide bonds.